The smallest absolute Gasteiger partial charge is 0.334 e. The van der Waals surface area contributed by atoms with Gasteiger partial charge in [0.15, 0.2) is 6.10 Å². The number of morpholine rings is 1. The topological polar surface area (TPSA) is 90.6 Å². The molecule has 1 N–H and O–H groups in total. The van der Waals surface area contributed by atoms with Gasteiger partial charge in [-0.3, -0.25) is 4.79 Å². The fraction of sp³-hybridized carbons (Fsp3) is 0.750. The van der Waals surface area contributed by atoms with Crippen LogP contribution in [0, 0.1) is 16.7 Å². The van der Waals surface area contributed by atoms with E-state index < -0.39 is 17.5 Å². The van der Waals surface area contributed by atoms with Gasteiger partial charge in [0, 0.05) is 6.54 Å². The molecular formula is C12H16N2O4. The molecule has 1 aliphatic carbocycles. The Morgan fingerprint density at radius 3 is 2.61 bits per heavy atom. The third kappa shape index (κ3) is 2.18. The number of amides is 1. The summed E-state index contributed by atoms with van der Waals surface area (Å²) in [7, 11) is 0. The van der Waals surface area contributed by atoms with E-state index in [0.29, 0.717) is 19.4 Å². The Hall–Kier alpha value is -1.61. The first-order chi connectivity index (χ1) is 8.59. The van der Waals surface area contributed by atoms with Gasteiger partial charge in [0.2, 0.25) is 5.91 Å². The molecule has 0 radical (unpaired) electrons. The van der Waals surface area contributed by atoms with Crippen molar-refractivity contribution in [2.45, 2.75) is 31.8 Å². The Balaban J connectivity index is 2.09. The van der Waals surface area contributed by atoms with Crippen molar-refractivity contribution < 1.29 is 19.4 Å². The van der Waals surface area contributed by atoms with Crippen molar-refractivity contribution in [2.24, 2.45) is 5.41 Å². The van der Waals surface area contributed by atoms with Crippen LogP contribution in [0.2, 0.25) is 0 Å². The van der Waals surface area contributed by atoms with Crippen molar-refractivity contribution in [1.29, 1.82) is 5.26 Å². The number of carboxylic acids is 1. The molecule has 0 spiro atoms. The van der Waals surface area contributed by atoms with Gasteiger partial charge in [0.25, 0.3) is 0 Å². The lowest BCUT2D eigenvalue weighted by Crippen LogP contribution is -2.52. The van der Waals surface area contributed by atoms with E-state index in [-0.39, 0.29) is 19.1 Å². The molecule has 1 amide bonds. The lowest BCUT2D eigenvalue weighted by molar-refractivity contribution is -0.161. The first kappa shape index (κ1) is 12.8. The Morgan fingerprint density at radius 1 is 1.39 bits per heavy atom. The fourth-order valence-corrected chi connectivity index (χ4v) is 2.64. The highest BCUT2D eigenvalue weighted by Crippen LogP contribution is 2.39. The number of hydrogen-bond donors (Lipinski definition) is 1. The zero-order valence-corrected chi connectivity index (χ0v) is 10.1. The predicted molar refractivity (Wildman–Crippen MR) is 60.5 cm³/mol. The summed E-state index contributed by atoms with van der Waals surface area (Å²) in [5, 5.41) is 18.1. The molecule has 98 valence electrons. The number of carbonyl (C=O) groups is 2. The van der Waals surface area contributed by atoms with E-state index >= 15 is 0 Å². The first-order valence-electron chi connectivity index (χ1n) is 6.14. The number of carbonyl (C=O) groups excluding carboxylic acids is 1. The van der Waals surface area contributed by atoms with Crippen molar-refractivity contribution in [3.8, 4) is 6.07 Å². The Morgan fingerprint density at radius 2 is 2.06 bits per heavy atom. The van der Waals surface area contributed by atoms with Gasteiger partial charge >= 0.3 is 5.97 Å². The zero-order valence-electron chi connectivity index (χ0n) is 10.1. The molecule has 2 fully saturated rings. The summed E-state index contributed by atoms with van der Waals surface area (Å²) < 4.78 is 5.07. The van der Waals surface area contributed by atoms with Gasteiger partial charge < -0.3 is 14.7 Å². The standard InChI is InChI=1S/C12H16N2O4/c13-8-12(3-1-2-4-12)11(17)14-5-6-18-9(7-14)10(15)16/h9H,1-7H2,(H,15,16)/t9-/m1/s1. The van der Waals surface area contributed by atoms with Crippen LogP contribution in [0.3, 0.4) is 0 Å². The molecule has 1 heterocycles. The Labute approximate surface area is 105 Å². The maximum atomic E-state index is 12.4. The van der Waals surface area contributed by atoms with Gasteiger partial charge in [-0.15, -0.1) is 0 Å². The highest BCUT2D eigenvalue weighted by atomic mass is 16.5. The second kappa shape index (κ2) is 4.94. The quantitative estimate of drug-likeness (QED) is 0.767. The second-order valence-corrected chi connectivity index (χ2v) is 4.85. The van der Waals surface area contributed by atoms with Crippen molar-refractivity contribution in [1.82, 2.24) is 4.90 Å². The van der Waals surface area contributed by atoms with E-state index in [4.69, 9.17) is 9.84 Å². The van der Waals surface area contributed by atoms with Gasteiger partial charge in [-0.25, -0.2) is 4.79 Å². The highest BCUT2D eigenvalue weighted by molar-refractivity contribution is 5.86. The van der Waals surface area contributed by atoms with Crippen LogP contribution in [0.25, 0.3) is 0 Å². The monoisotopic (exact) mass is 252 g/mol. The second-order valence-electron chi connectivity index (χ2n) is 4.85. The van der Waals surface area contributed by atoms with Gasteiger partial charge in [0.05, 0.1) is 19.2 Å². The summed E-state index contributed by atoms with van der Waals surface area (Å²) in [6.07, 6.45) is 1.95. The van der Waals surface area contributed by atoms with E-state index in [1.807, 2.05) is 0 Å². The molecule has 0 aromatic rings. The van der Waals surface area contributed by atoms with Gasteiger partial charge in [-0.05, 0) is 12.8 Å². The van der Waals surface area contributed by atoms with Crippen molar-refractivity contribution in [2.75, 3.05) is 19.7 Å². The molecular weight excluding hydrogens is 236 g/mol. The normalized spacial score (nSPS) is 26.6. The summed E-state index contributed by atoms with van der Waals surface area (Å²) in [4.78, 5) is 24.7. The maximum Gasteiger partial charge on any atom is 0.334 e. The lowest BCUT2D eigenvalue weighted by Gasteiger charge is -2.35. The fourth-order valence-electron chi connectivity index (χ4n) is 2.64. The van der Waals surface area contributed by atoms with Gasteiger partial charge in [0.1, 0.15) is 5.41 Å². The largest absolute Gasteiger partial charge is 0.479 e. The third-order valence-electron chi connectivity index (χ3n) is 3.71. The first-order valence-corrected chi connectivity index (χ1v) is 6.14. The molecule has 0 bridgehead atoms. The molecule has 1 saturated heterocycles. The number of hydrogen-bond acceptors (Lipinski definition) is 4. The van der Waals surface area contributed by atoms with E-state index in [9.17, 15) is 14.9 Å². The van der Waals surface area contributed by atoms with Crippen molar-refractivity contribution in [3.63, 3.8) is 0 Å². The maximum absolute atomic E-state index is 12.4. The molecule has 2 aliphatic rings. The van der Waals surface area contributed by atoms with Gasteiger partial charge in [-0.2, -0.15) is 5.26 Å². The van der Waals surface area contributed by atoms with Crippen LogP contribution >= 0.6 is 0 Å². The van der Waals surface area contributed by atoms with Crippen LogP contribution in [-0.2, 0) is 14.3 Å². The minimum absolute atomic E-state index is 0.0393. The van der Waals surface area contributed by atoms with Crippen molar-refractivity contribution >= 4 is 11.9 Å². The molecule has 1 saturated carbocycles. The SMILES string of the molecule is N#CC1(C(=O)N2CCO[C@@H](C(=O)O)C2)CCCC1. The number of ether oxygens (including phenoxy) is 1. The van der Waals surface area contributed by atoms with E-state index in [0.717, 1.165) is 12.8 Å². The molecule has 0 aromatic heterocycles. The Kier molecular flexibility index (Phi) is 3.53. The minimum atomic E-state index is -1.06. The lowest BCUT2D eigenvalue weighted by atomic mass is 9.86. The summed E-state index contributed by atoms with van der Waals surface area (Å²) >= 11 is 0. The number of rotatable bonds is 2. The van der Waals surface area contributed by atoms with Crippen LogP contribution in [0.4, 0.5) is 0 Å². The molecule has 0 aromatic carbocycles. The molecule has 18 heavy (non-hydrogen) atoms. The van der Waals surface area contributed by atoms with E-state index in [2.05, 4.69) is 6.07 Å². The number of nitrogens with zero attached hydrogens (tertiary/aromatic N) is 2. The number of nitriles is 1. The third-order valence-corrected chi connectivity index (χ3v) is 3.71. The molecule has 6 nitrogen and oxygen atoms in total. The van der Waals surface area contributed by atoms with Crippen LogP contribution < -0.4 is 0 Å². The zero-order chi connectivity index (χ0) is 13.2. The summed E-state index contributed by atoms with van der Waals surface area (Å²) in [5.74, 6) is -1.29. The molecule has 0 unspecified atom stereocenters. The van der Waals surface area contributed by atoms with E-state index in [1.54, 1.807) is 0 Å². The summed E-state index contributed by atoms with van der Waals surface area (Å²) in [6.45, 7) is 0.619. The van der Waals surface area contributed by atoms with Crippen LogP contribution in [0.1, 0.15) is 25.7 Å². The van der Waals surface area contributed by atoms with Crippen LogP contribution in [0.5, 0.6) is 0 Å². The highest BCUT2D eigenvalue weighted by Gasteiger charge is 2.45. The summed E-state index contributed by atoms with van der Waals surface area (Å²) in [5.41, 5.74) is -0.930. The average molecular weight is 252 g/mol. The van der Waals surface area contributed by atoms with Crippen molar-refractivity contribution in [3.05, 3.63) is 0 Å². The molecule has 1 atom stereocenters. The average Bonchev–Trinajstić information content (AvgIpc) is 2.88. The van der Waals surface area contributed by atoms with Crippen LogP contribution in [0.15, 0.2) is 0 Å². The van der Waals surface area contributed by atoms with Gasteiger partial charge in [-0.1, -0.05) is 12.8 Å². The number of carboxylic acid groups (broad SMARTS) is 1. The minimum Gasteiger partial charge on any atom is -0.479 e. The Bertz CT molecular complexity index is 395. The molecule has 6 heteroatoms. The molecule has 2 rings (SSSR count). The predicted octanol–water partition coefficient (Wildman–Crippen LogP) is 0.382. The summed E-state index contributed by atoms with van der Waals surface area (Å²) in [6, 6.07) is 2.14. The van der Waals surface area contributed by atoms with Crippen LogP contribution in [-0.4, -0.2) is 47.7 Å². The number of aliphatic carboxylic acids is 1. The molecule has 1 aliphatic heterocycles. The van der Waals surface area contributed by atoms with E-state index in [1.165, 1.54) is 4.90 Å².